The molecule has 5 N–H and O–H groups in total. The number of thiazole rings is 1. The Balaban J connectivity index is 1.52. The highest BCUT2D eigenvalue weighted by Gasteiger charge is 2.53. The number of oxime groups is 1. The molecule has 4 heterocycles. The lowest BCUT2D eigenvalue weighted by Crippen LogP contribution is -2.71. The molecule has 2 aliphatic rings. The van der Waals surface area contributed by atoms with Crippen LogP contribution >= 0.6 is 23.1 Å². The molecule has 0 saturated carbocycles. The number of carbonyl (C=O) groups is 4. The number of carboxylic acid groups (broad SMARTS) is 1. The van der Waals surface area contributed by atoms with Crippen LogP contribution in [0.2, 0.25) is 0 Å². The molecular weight excluding hydrogens is 526 g/mol. The Hall–Kier alpha value is -4.18. The van der Waals surface area contributed by atoms with Crippen LogP contribution < -0.4 is 26.5 Å². The van der Waals surface area contributed by atoms with Crippen molar-refractivity contribution in [3.63, 3.8) is 0 Å². The van der Waals surface area contributed by atoms with Crippen LogP contribution in [0.25, 0.3) is 0 Å². The monoisotopic (exact) mass is 547 g/mol. The second-order valence-electron chi connectivity index (χ2n) is 7.77. The lowest BCUT2D eigenvalue weighted by molar-refractivity contribution is -0.688. The molecule has 0 aromatic carbocycles. The van der Waals surface area contributed by atoms with Gasteiger partial charge in [0.05, 0.1) is 24.5 Å². The van der Waals surface area contributed by atoms with E-state index in [1.807, 2.05) is 0 Å². The number of methoxy groups -OCH3 is 1. The number of β-lactam (4-membered cyclic amide) rings is 1. The predicted molar refractivity (Wildman–Crippen MR) is 129 cm³/mol. The number of aliphatic carboxylic acids is 1. The molecule has 0 spiro atoms. The minimum Gasteiger partial charge on any atom is -0.543 e. The molecule has 194 valence electrons. The van der Waals surface area contributed by atoms with E-state index in [9.17, 15) is 24.3 Å². The number of nitrogens with zero attached hydrogens (tertiary/aromatic N) is 4. The number of fused-ring (bicyclic) bond motifs is 1. The first-order valence-electron chi connectivity index (χ1n) is 10.6. The Morgan fingerprint density at radius 3 is 2.81 bits per heavy atom. The topological polar surface area (TPSA) is 206 Å². The second-order valence-corrected chi connectivity index (χ2v) is 9.77. The molecule has 14 nitrogen and oxygen atoms in total. The van der Waals surface area contributed by atoms with E-state index in [0.29, 0.717) is 11.3 Å². The number of hydrogen-bond acceptors (Lipinski definition) is 13. The van der Waals surface area contributed by atoms with Crippen molar-refractivity contribution in [3.8, 4) is 0 Å². The van der Waals surface area contributed by atoms with E-state index in [0.717, 1.165) is 23.3 Å². The van der Waals surface area contributed by atoms with Crippen LogP contribution in [-0.4, -0.2) is 70.2 Å². The third-order valence-corrected chi connectivity index (χ3v) is 7.34. The maximum atomic E-state index is 13.0. The first-order chi connectivity index (χ1) is 17.7. The molecular formula is C21H21N7O7S2. The van der Waals surface area contributed by atoms with Crippen molar-refractivity contribution in [2.45, 2.75) is 18.0 Å². The van der Waals surface area contributed by atoms with Crippen LogP contribution in [0.1, 0.15) is 5.69 Å². The van der Waals surface area contributed by atoms with E-state index >= 15 is 0 Å². The number of anilines is 2. The zero-order chi connectivity index (χ0) is 26.7. The van der Waals surface area contributed by atoms with E-state index in [4.69, 9.17) is 16.3 Å². The molecule has 4 rings (SSSR count). The molecule has 2 amide bonds. The number of thioether (sulfide) groups is 1. The van der Waals surface area contributed by atoms with Gasteiger partial charge in [-0.05, 0) is 6.07 Å². The van der Waals surface area contributed by atoms with Gasteiger partial charge in [0.1, 0.15) is 17.1 Å². The Kier molecular flexibility index (Phi) is 7.58. The molecule has 0 aliphatic carbocycles. The van der Waals surface area contributed by atoms with E-state index in [2.05, 4.69) is 20.2 Å². The van der Waals surface area contributed by atoms with Crippen molar-refractivity contribution in [1.29, 1.82) is 0 Å². The summed E-state index contributed by atoms with van der Waals surface area (Å²) in [4.78, 5) is 59.3. The summed E-state index contributed by atoms with van der Waals surface area (Å²) in [7, 11) is 1.16. The zero-order valence-corrected chi connectivity index (χ0v) is 20.9. The highest BCUT2D eigenvalue weighted by atomic mass is 32.2. The second kappa shape index (κ2) is 10.8. The van der Waals surface area contributed by atoms with Gasteiger partial charge in [-0.15, -0.1) is 23.1 Å². The van der Waals surface area contributed by atoms with Crippen molar-refractivity contribution in [2.24, 2.45) is 5.16 Å². The molecule has 0 radical (unpaired) electrons. The third-order valence-electron chi connectivity index (χ3n) is 5.33. The minimum atomic E-state index is -1.50. The van der Waals surface area contributed by atoms with Gasteiger partial charge in [-0.2, -0.15) is 4.57 Å². The number of carboxylic acids is 1. The Morgan fingerprint density at radius 1 is 1.38 bits per heavy atom. The van der Waals surface area contributed by atoms with E-state index in [-0.39, 0.29) is 34.5 Å². The lowest BCUT2D eigenvalue weighted by Gasteiger charge is -2.50. The number of nitrogens with one attached hydrogen (secondary N) is 1. The van der Waals surface area contributed by atoms with Gasteiger partial charge in [0.2, 0.25) is 6.61 Å². The van der Waals surface area contributed by atoms with Gasteiger partial charge < -0.3 is 36.3 Å². The average molecular weight is 548 g/mol. The number of carbonyl (C=O) groups excluding carboxylic acids is 4. The summed E-state index contributed by atoms with van der Waals surface area (Å²) in [5.41, 5.74) is 11.9. The maximum absolute atomic E-state index is 13.0. The van der Waals surface area contributed by atoms with Crippen LogP contribution in [0.4, 0.5) is 10.8 Å². The van der Waals surface area contributed by atoms with Crippen molar-refractivity contribution < 1.29 is 38.4 Å². The normalized spacial score (nSPS) is 19.1. The van der Waals surface area contributed by atoms with Crippen LogP contribution in [0.3, 0.4) is 0 Å². The maximum Gasteiger partial charge on any atom is 0.346 e. The summed E-state index contributed by atoms with van der Waals surface area (Å²) in [5.74, 6) is -3.41. The van der Waals surface area contributed by atoms with Crippen LogP contribution in [0.5, 0.6) is 0 Å². The first kappa shape index (κ1) is 25.9. The number of nitrogen functional groups attached to an aromatic ring is 2. The number of pyridine rings is 1. The molecule has 2 aromatic rings. The molecule has 1 fully saturated rings. The van der Waals surface area contributed by atoms with Crippen molar-refractivity contribution >= 4 is 63.4 Å². The van der Waals surface area contributed by atoms with Crippen LogP contribution in [0, 0.1) is 0 Å². The molecule has 2 aliphatic heterocycles. The molecule has 2 aromatic heterocycles. The highest BCUT2D eigenvalue weighted by Crippen LogP contribution is 2.40. The number of ether oxygens (including phenoxy) is 1. The number of hydrogen-bond donors (Lipinski definition) is 3. The van der Waals surface area contributed by atoms with Crippen molar-refractivity contribution in [3.05, 3.63) is 46.9 Å². The number of esters is 1. The summed E-state index contributed by atoms with van der Waals surface area (Å²) in [6.07, 6.45) is 3.37. The summed E-state index contributed by atoms with van der Waals surface area (Å²) in [6, 6.07) is 2.37. The van der Waals surface area contributed by atoms with Crippen LogP contribution in [-0.2, 0) is 35.3 Å². The Labute approximate surface area is 217 Å². The molecule has 37 heavy (non-hydrogen) atoms. The van der Waals surface area contributed by atoms with Gasteiger partial charge in [-0.3, -0.25) is 14.5 Å². The quantitative estimate of drug-likeness (QED) is 0.0991. The van der Waals surface area contributed by atoms with Crippen molar-refractivity contribution in [1.82, 2.24) is 15.2 Å². The average Bonchev–Trinajstić information content (AvgIpc) is 3.30. The largest absolute Gasteiger partial charge is 0.543 e. The standard InChI is InChI=1S/C21H21N7O7S2/c1-34-13(29)7-35-26-14(12-9-37-21(23)24-12)17(30)25-15-18(31)28-16(20(32)33)10(8-36-19(15)28)5-27-4-2-3-11(22)6-27/h2-4,6,9,15,19H,5,7-8,22H2,1H3,(H3-,23,24,25,30,32,33)/t15?,19-/m1/s1. The third kappa shape index (κ3) is 5.49. The van der Waals surface area contributed by atoms with Gasteiger partial charge in [-0.1, -0.05) is 5.16 Å². The number of rotatable bonds is 9. The lowest BCUT2D eigenvalue weighted by atomic mass is 10.0. The fourth-order valence-electron chi connectivity index (χ4n) is 3.67. The van der Waals surface area contributed by atoms with Crippen molar-refractivity contribution in [2.75, 3.05) is 30.9 Å². The Bertz CT molecular complexity index is 1330. The summed E-state index contributed by atoms with van der Waals surface area (Å²) in [5, 5.41) is 19.1. The van der Waals surface area contributed by atoms with E-state index in [1.165, 1.54) is 17.1 Å². The summed E-state index contributed by atoms with van der Waals surface area (Å²) in [6.45, 7) is -0.371. The highest BCUT2D eigenvalue weighted by molar-refractivity contribution is 8.00. The molecule has 2 atom stereocenters. The van der Waals surface area contributed by atoms with Gasteiger partial charge >= 0.3 is 5.97 Å². The zero-order valence-electron chi connectivity index (χ0n) is 19.3. The van der Waals surface area contributed by atoms with E-state index in [1.54, 1.807) is 29.1 Å². The first-order valence-corrected chi connectivity index (χ1v) is 12.5. The van der Waals surface area contributed by atoms with Gasteiger partial charge in [0.25, 0.3) is 11.8 Å². The molecule has 0 bridgehead atoms. The van der Waals surface area contributed by atoms with Gasteiger partial charge in [-0.25, -0.2) is 9.78 Å². The number of nitrogens with two attached hydrogens (primary N) is 2. The fourth-order valence-corrected chi connectivity index (χ4v) is 5.56. The Morgan fingerprint density at radius 2 is 2.16 bits per heavy atom. The number of aromatic nitrogens is 2. The smallest absolute Gasteiger partial charge is 0.346 e. The summed E-state index contributed by atoms with van der Waals surface area (Å²) >= 11 is 2.34. The minimum absolute atomic E-state index is 0.0709. The SMILES string of the molecule is COC(=O)CON=C(C(=O)NC1C(=O)N2C(C(=O)[O-])=C(C[n+]3cccc(N)c3)CS[C@H]12)c1csc(N)n1. The van der Waals surface area contributed by atoms with E-state index < -0.39 is 41.8 Å². The van der Waals surface area contributed by atoms with Crippen LogP contribution in [0.15, 0.2) is 46.3 Å². The summed E-state index contributed by atoms with van der Waals surface area (Å²) < 4.78 is 6.17. The molecule has 1 saturated heterocycles. The predicted octanol–water partition coefficient (Wildman–Crippen LogP) is -2.41. The van der Waals surface area contributed by atoms with Gasteiger partial charge in [0, 0.05) is 22.8 Å². The molecule has 1 unspecified atom stereocenters. The number of amides is 2. The molecule has 16 heteroatoms. The van der Waals surface area contributed by atoms with Gasteiger partial charge in [0.15, 0.2) is 29.8 Å². The fraction of sp³-hybridized carbons (Fsp3) is 0.286.